The van der Waals surface area contributed by atoms with Gasteiger partial charge >= 0.3 is 0 Å². The number of allylic oxidation sites excluding steroid dienone is 4. The van der Waals surface area contributed by atoms with Gasteiger partial charge in [0.25, 0.3) is 0 Å². The quantitative estimate of drug-likeness (QED) is 0.165. The number of para-hydroxylation sites is 1. The molecular formula is C54H41NO. The van der Waals surface area contributed by atoms with E-state index in [4.69, 9.17) is 4.42 Å². The summed E-state index contributed by atoms with van der Waals surface area (Å²) in [5.74, 6) is 0.378. The van der Waals surface area contributed by atoms with Crippen LogP contribution in [0.3, 0.4) is 0 Å². The predicted molar refractivity (Wildman–Crippen MR) is 236 cm³/mol. The molecule has 9 aromatic rings. The molecule has 2 heteroatoms. The molecule has 268 valence electrons. The molecule has 1 atom stereocenters. The van der Waals surface area contributed by atoms with Gasteiger partial charge in [-0.15, -0.1) is 0 Å². The van der Waals surface area contributed by atoms with Crippen LogP contribution < -0.4 is 4.90 Å². The highest BCUT2D eigenvalue weighted by atomic mass is 16.3. The minimum Gasteiger partial charge on any atom is -0.456 e. The van der Waals surface area contributed by atoms with Gasteiger partial charge in [0.05, 0.1) is 0 Å². The van der Waals surface area contributed by atoms with Gasteiger partial charge in [-0.25, -0.2) is 0 Å². The monoisotopic (exact) mass is 719 g/mol. The SMILES string of the molecule is CC1CC(N(c2cccc(-c3ccc4c(c3)oc3ccccc34)c2)c2cccc(-c3cccc4c3ccc3ccccc34)c2)=CC2=C1C(C)(C)c1ccccc12. The molecule has 0 amide bonds. The summed E-state index contributed by atoms with van der Waals surface area (Å²) >= 11 is 0. The summed E-state index contributed by atoms with van der Waals surface area (Å²) in [6.07, 6.45) is 3.43. The average Bonchev–Trinajstić information content (AvgIpc) is 3.72. The summed E-state index contributed by atoms with van der Waals surface area (Å²) < 4.78 is 6.34. The van der Waals surface area contributed by atoms with Crippen LogP contribution in [0.4, 0.5) is 11.4 Å². The van der Waals surface area contributed by atoms with Crippen LogP contribution in [0.5, 0.6) is 0 Å². The molecule has 1 heterocycles. The summed E-state index contributed by atoms with van der Waals surface area (Å²) in [7, 11) is 0. The molecule has 56 heavy (non-hydrogen) atoms. The number of anilines is 2. The van der Waals surface area contributed by atoms with E-state index in [0.717, 1.165) is 50.9 Å². The Kier molecular flexibility index (Phi) is 7.28. The van der Waals surface area contributed by atoms with Crippen LogP contribution in [0.2, 0.25) is 0 Å². The highest BCUT2D eigenvalue weighted by Crippen LogP contribution is 2.54. The smallest absolute Gasteiger partial charge is 0.136 e. The van der Waals surface area contributed by atoms with E-state index < -0.39 is 0 Å². The van der Waals surface area contributed by atoms with Crippen LogP contribution in [0.1, 0.15) is 38.3 Å². The van der Waals surface area contributed by atoms with Gasteiger partial charge < -0.3 is 9.32 Å². The van der Waals surface area contributed by atoms with Gasteiger partial charge in [-0.05, 0) is 127 Å². The number of nitrogens with zero attached hydrogens (tertiary/aromatic N) is 1. The molecule has 2 nitrogen and oxygen atoms in total. The van der Waals surface area contributed by atoms with Crippen molar-refractivity contribution < 1.29 is 4.42 Å². The lowest BCUT2D eigenvalue weighted by atomic mass is 9.73. The number of benzene rings is 8. The maximum absolute atomic E-state index is 6.34. The maximum atomic E-state index is 6.34. The third-order valence-corrected chi connectivity index (χ3v) is 12.5. The van der Waals surface area contributed by atoms with Crippen molar-refractivity contribution in [2.24, 2.45) is 5.92 Å². The predicted octanol–water partition coefficient (Wildman–Crippen LogP) is 15.0. The first-order valence-electron chi connectivity index (χ1n) is 19.8. The first kappa shape index (κ1) is 32.8. The fourth-order valence-electron chi connectivity index (χ4n) is 10.0. The Morgan fingerprint density at radius 3 is 2.04 bits per heavy atom. The van der Waals surface area contributed by atoms with Crippen molar-refractivity contribution in [1.29, 1.82) is 0 Å². The van der Waals surface area contributed by atoms with Crippen LogP contribution in [-0.2, 0) is 5.41 Å². The third kappa shape index (κ3) is 5.02. The Hall–Kier alpha value is -6.64. The van der Waals surface area contributed by atoms with Gasteiger partial charge in [0.2, 0.25) is 0 Å². The molecule has 0 aliphatic heterocycles. The normalized spacial score (nSPS) is 16.1. The molecule has 0 radical (unpaired) electrons. The lowest BCUT2D eigenvalue weighted by Crippen LogP contribution is -2.26. The molecule has 0 N–H and O–H groups in total. The van der Waals surface area contributed by atoms with E-state index in [1.807, 2.05) is 12.1 Å². The summed E-state index contributed by atoms with van der Waals surface area (Å²) in [6.45, 7) is 7.23. The number of furan rings is 1. The van der Waals surface area contributed by atoms with Crippen molar-refractivity contribution in [3.05, 3.63) is 198 Å². The number of fused-ring (bicyclic) bond motifs is 8. The van der Waals surface area contributed by atoms with Gasteiger partial charge in [0, 0.05) is 33.3 Å². The molecule has 1 aromatic heterocycles. The summed E-state index contributed by atoms with van der Waals surface area (Å²) in [5.41, 5.74) is 15.9. The summed E-state index contributed by atoms with van der Waals surface area (Å²) in [4.78, 5) is 2.52. The second-order valence-electron chi connectivity index (χ2n) is 16.2. The molecule has 11 rings (SSSR count). The van der Waals surface area contributed by atoms with Crippen LogP contribution in [0, 0.1) is 5.92 Å². The van der Waals surface area contributed by atoms with Gasteiger partial charge in [0.1, 0.15) is 11.2 Å². The Bertz CT molecular complexity index is 3120. The van der Waals surface area contributed by atoms with Crippen LogP contribution in [0.15, 0.2) is 192 Å². The molecule has 0 bridgehead atoms. The molecule has 0 fully saturated rings. The van der Waals surface area contributed by atoms with E-state index in [2.05, 4.69) is 189 Å². The zero-order chi connectivity index (χ0) is 37.5. The average molecular weight is 720 g/mol. The molecule has 2 aliphatic rings. The summed E-state index contributed by atoms with van der Waals surface area (Å²) in [6, 6.07) is 62.1. The number of hydrogen-bond donors (Lipinski definition) is 0. The molecule has 0 spiro atoms. The molecule has 2 aliphatic carbocycles. The standard InChI is InChI=1S/C54H41NO/c1-34-29-41(33-49-46-19-6-8-23-50(46)54(2,3)53(34)49)55(39-16-10-14-36(30-39)37-26-28-48-47-20-7-9-24-51(47)56-52(48)32-37)40-17-11-15-38(31-40)43-21-12-22-44-42-18-5-4-13-35(42)25-27-45(43)44/h4-28,30-34H,29H2,1-3H3. The van der Waals surface area contributed by atoms with E-state index >= 15 is 0 Å². The van der Waals surface area contributed by atoms with Crippen LogP contribution in [0.25, 0.3) is 71.3 Å². The minimum absolute atomic E-state index is 0.00806. The number of rotatable bonds is 5. The zero-order valence-electron chi connectivity index (χ0n) is 31.9. The van der Waals surface area contributed by atoms with E-state index in [1.54, 1.807) is 5.57 Å². The van der Waals surface area contributed by atoms with Crippen molar-refractivity contribution in [2.75, 3.05) is 4.90 Å². The largest absolute Gasteiger partial charge is 0.456 e. The first-order valence-corrected chi connectivity index (χ1v) is 19.8. The van der Waals surface area contributed by atoms with Gasteiger partial charge in [-0.3, -0.25) is 0 Å². The van der Waals surface area contributed by atoms with Crippen molar-refractivity contribution in [3.8, 4) is 22.3 Å². The summed E-state index contributed by atoms with van der Waals surface area (Å²) in [5, 5.41) is 7.39. The fraction of sp³-hybridized carbons (Fsp3) is 0.111. The van der Waals surface area contributed by atoms with E-state index in [-0.39, 0.29) is 5.41 Å². The second kappa shape index (κ2) is 12.4. The van der Waals surface area contributed by atoms with Gasteiger partial charge in [-0.1, -0.05) is 148 Å². The third-order valence-electron chi connectivity index (χ3n) is 12.5. The van der Waals surface area contributed by atoms with E-state index in [0.29, 0.717) is 5.92 Å². The van der Waals surface area contributed by atoms with Crippen molar-refractivity contribution in [3.63, 3.8) is 0 Å². The Balaban J connectivity index is 1.09. The highest BCUT2D eigenvalue weighted by molar-refractivity contribution is 6.12. The molecule has 8 aromatic carbocycles. The Morgan fingerprint density at radius 2 is 1.16 bits per heavy atom. The zero-order valence-corrected chi connectivity index (χ0v) is 31.9. The Morgan fingerprint density at radius 1 is 0.518 bits per heavy atom. The molecule has 0 saturated heterocycles. The van der Waals surface area contributed by atoms with Crippen molar-refractivity contribution in [1.82, 2.24) is 0 Å². The van der Waals surface area contributed by atoms with E-state index in [9.17, 15) is 0 Å². The highest BCUT2D eigenvalue weighted by Gasteiger charge is 2.41. The number of hydrogen-bond acceptors (Lipinski definition) is 2. The lowest BCUT2D eigenvalue weighted by Gasteiger charge is -2.36. The van der Waals surface area contributed by atoms with Crippen molar-refractivity contribution >= 4 is 60.4 Å². The molecule has 0 saturated carbocycles. The second-order valence-corrected chi connectivity index (χ2v) is 16.2. The molecular weight excluding hydrogens is 679 g/mol. The van der Waals surface area contributed by atoms with E-state index in [1.165, 1.54) is 55.1 Å². The van der Waals surface area contributed by atoms with Crippen LogP contribution in [-0.4, -0.2) is 0 Å². The lowest BCUT2D eigenvalue weighted by molar-refractivity contribution is 0.521. The van der Waals surface area contributed by atoms with Gasteiger partial charge in [-0.2, -0.15) is 0 Å². The Labute approximate surface area is 327 Å². The topological polar surface area (TPSA) is 16.4 Å². The fourth-order valence-corrected chi connectivity index (χ4v) is 10.0. The van der Waals surface area contributed by atoms with Crippen molar-refractivity contribution in [2.45, 2.75) is 32.6 Å². The maximum Gasteiger partial charge on any atom is 0.136 e. The van der Waals surface area contributed by atoms with Crippen LogP contribution >= 0.6 is 0 Å². The molecule has 1 unspecified atom stereocenters. The van der Waals surface area contributed by atoms with Gasteiger partial charge in [0.15, 0.2) is 0 Å². The first-order chi connectivity index (χ1) is 27.4. The minimum atomic E-state index is -0.00806.